The number of carbonyl (C=O) groups excluding carboxylic acids is 1. The molecule has 9 heteroatoms. The number of methoxy groups -OCH3 is 1. The van der Waals surface area contributed by atoms with E-state index in [9.17, 15) is 23.2 Å². The highest BCUT2D eigenvalue weighted by atomic mass is 35.5. The maximum atomic E-state index is 12.9. The Hall–Kier alpha value is -3.96. The van der Waals surface area contributed by atoms with Crippen molar-refractivity contribution in [3.63, 3.8) is 0 Å². The molecule has 0 aliphatic heterocycles. The van der Waals surface area contributed by atoms with Gasteiger partial charge in [0.15, 0.2) is 11.5 Å². The van der Waals surface area contributed by atoms with E-state index in [1.807, 2.05) is 18.2 Å². The smallest absolute Gasteiger partial charge is 0.416 e. The van der Waals surface area contributed by atoms with Crippen molar-refractivity contribution < 1.29 is 27.4 Å². The first-order valence-corrected chi connectivity index (χ1v) is 10.2. The Bertz CT molecular complexity index is 1270. The molecule has 0 aliphatic rings. The van der Waals surface area contributed by atoms with Crippen molar-refractivity contribution >= 4 is 29.3 Å². The summed E-state index contributed by atoms with van der Waals surface area (Å²) >= 11 is 6.14. The van der Waals surface area contributed by atoms with Gasteiger partial charge in [-0.1, -0.05) is 41.9 Å². The van der Waals surface area contributed by atoms with E-state index in [1.54, 1.807) is 30.3 Å². The predicted molar refractivity (Wildman–Crippen MR) is 122 cm³/mol. The van der Waals surface area contributed by atoms with Crippen LogP contribution in [-0.2, 0) is 17.6 Å². The van der Waals surface area contributed by atoms with Crippen LogP contribution in [0.2, 0.25) is 5.02 Å². The molecule has 0 aliphatic carbocycles. The molecule has 0 fully saturated rings. The molecule has 1 amide bonds. The van der Waals surface area contributed by atoms with Crippen molar-refractivity contribution in [2.24, 2.45) is 0 Å². The summed E-state index contributed by atoms with van der Waals surface area (Å²) in [5.74, 6) is -0.0669. The van der Waals surface area contributed by atoms with E-state index < -0.39 is 17.6 Å². The van der Waals surface area contributed by atoms with Crippen LogP contribution in [0, 0.1) is 11.3 Å². The second-order valence-corrected chi connectivity index (χ2v) is 7.40. The van der Waals surface area contributed by atoms with Gasteiger partial charge in [-0.25, -0.2) is 0 Å². The first-order valence-electron chi connectivity index (χ1n) is 9.86. The fraction of sp³-hybridized carbons (Fsp3) is 0.120. The van der Waals surface area contributed by atoms with Gasteiger partial charge in [-0.05, 0) is 48.0 Å². The summed E-state index contributed by atoms with van der Waals surface area (Å²) in [6.07, 6.45) is -3.26. The number of anilines is 1. The number of nitrogens with zero attached hydrogens (tertiary/aromatic N) is 1. The normalized spacial score (nSPS) is 11.5. The van der Waals surface area contributed by atoms with Crippen LogP contribution in [0.15, 0.2) is 72.3 Å². The third kappa shape index (κ3) is 6.30. The Kier molecular flexibility index (Phi) is 7.82. The molecule has 0 saturated heterocycles. The molecule has 0 radical (unpaired) electrons. The number of hydrogen-bond acceptors (Lipinski definition) is 4. The fourth-order valence-corrected chi connectivity index (χ4v) is 3.14. The largest absolute Gasteiger partial charge is 0.493 e. The molecule has 0 atom stereocenters. The first-order chi connectivity index (χ1) is 16.2. The summed E-state index contributed by atoms with van der Waals surface area (Å²) in [5, 5.41) is 12.3. The highest BCUT2D eigenvalue weighted by molar-refractivity contribution is 6.31. The number of hydrogen-bond donors (Lipinski definition) is 1. The van der Waals surface area contributed by atoms with Crippen LogP contribution in [-0.4, -0.2) is 13.0 Å². The third-order valence-corrected chi connectivity index (χ3v) is 5.02. The molecule has 3 aromatic rings. The van der Waals surface area contributed by atoms with Crippen LogP contribution in [0.4, 0.5) is 18.9 Å². The van der Waals surface area contributed by atoms with Crippen molar-refractivity contribution in [1.29, 1.82) is 5.26 Å². The number of nitrogens with one attached hydrogen (secondary N) is 1. The number of halogens is 4. The second-order valence-electron chi connectivity index (χ2n) is 6.99. The molecule has 0 heterocycles. The highest BCUT2D eigenvalue weighted by Gasteiger charge is 2.30. The average Bonchev–Trinajstić information content (AvgIpc) is 2.82. The molecule has 0 unspecified atom stereocenters. The Morgan fingerprint density at radius 2 is 1.85 bits per heavy atom. The maximum absolute atomic E-state index is 12.9. The topological polar surface area (TPSA) is 71.3 Å². The van der Waals surface area contributed by atoms with Crippen LogP contribution in [0.3, 0.4) is 0 Å². The first kappa shape index (κ1) is 24.7. The standard InChI is InChI=1S/C25H18ClF3N2O3/c1-33-23-12-16(9-10-22(23)34-15-17-5-2-3-8-21(17)26)11-18(14-30)24(32)31-20-7-4-6-19(13-20)25(27,28)29/h2-13H,15H2,1H3,(H,31,32)/b18-11+. The van der Waals surface area contributed by atoms with Gasteiger partial charge in [0.2, 0.25) is 0 Å². The van der Waals surface area contributed by atoms with Gasteiger partial charge in [0.05, 0.1) is 12.7 Å². The highest BCUT2D eigenvalue weighted by Crippen LogP contribution is 2.32. The number of nitriles is 1. The Labute approximate surface area is 199 Å². The molecule has 174 valence electrons. The number of amides is 1. The second kappa shape index (κ2) is 10.8. The van der Waals surface area contributed by atoms with Gasteiger partial charge >= 0.3 is 6.18 Å². The van der Waals surface area contributed by atoms with Crippen LogP contribution < -0.4 is 14.8 Å². The molecule has 5 nitrogen and oxygen atoms in total. The number of alkyl halides is 3. The zero-order valence-electron chi connectivity index (χ0n) is 17.8. The Morgan fingerprint density at radius 3 is 2.53 bits per heavy atom. The summed E-state index contributed by atoms with van der Waals surface area (Å²) < 4.78 is 49.8. The van der Waals surface area contributed by atoms with E-state index in [2.05, 4.69) is 5.32 Å². The van der Waals surface area contributed by atoms with E-state index in [0.717, 1.165) is 17.7 Å². The molecular formula is C25H18ClF3N2O3. The van der Waals surface area contributed by atoms with E-state index in [4.69, 9.17) is 21.1 Å². The number of rotatable bonds is 7. The molecule has 34 heavy (non-hydrogen) atoms. The Balaban J connectivity index is 1.77. The minimum Gasteiger partial charge on any atom is -0.493 e. The monoisotopic (exact) mass is 486 g/mol. The van der Waals surface area contributed by atoms with Gasteiger partial charge < -0.3 is 14.8 Å². The van der Waals surface area contributed by atoms with Crippen molar-refractivity contribution in [2.75, 3.05) is 12.4 Å². The van der Waals surface area contributed by atoms with Crippen LogP contribution in [0.1, 0.15) is 16.7 Å². The lowest BCUT2D eigenvalue weighted by Crippen LogP contribution is -2.14. The maximum Gasteiger partial charge on any atom is 0.416 e. The lowest BCUT2D eigenvalue weighted by molar-refractivity contribution is -0.137. The number of ether oxygens (including phenoxy) is 2. The minimum absolute atomic E-state index is 0.0816. The van der Waals surface area contributed by atoms with Gasteiger partial charge in [-0.3, -0.25) is 4.79 Å². The molecule has 0 aromatic heterocycles. The zero-order chi connectivity index (χ0) is 24.7. The van der Waals surface area contributed by atoms with Crippen molar-refractivity contribution in [1.82, 2.24) is 0 Å². The SMILES string of the molecule is COc1cc(/C=C(\C#N)C(=O)Nc2cccc(C(F)(F)F)c2)ccc1OCc1ccccc1Cl. The van der Waals surface area contributed by atoms with Gasteiger partial charge in [-0.2, -0.15) is 18.4 Å². The number of benzene rings is 3. The summed E-state index contributed by atoms with van der Waals surface area (Å²) in [5.41, 5.74) is -0.0538. The molecule has 3 aromatic carbocycles. The van der Waals surface area contributed by atoms with Gasteiger partial charge in [-0.15, -0.1) is 0 Å². The van der Waals surface area contributed by atoms with E-state index >= 15 is 0 Å². The van der Waals surface area contributed by atoms with Gasteiger partial charge in [0, 0.05) is 16.3 Å². The molecule has 3 rings (SSSR count). The molecular weight excluding hydrogens is 469 g/mol. The van der Waals surface area contributed by atoms with Gasteiger partial charge in [0.25, 0.3) is 5.91 Å². The quantitative estimate of drug-likeness (QED) is 0.306. The van der Waals surface area contributed by atoms with E-state index in [-0.39, 0.29) is 17.9 Å². The lowest BCUT2D eigenvalue weighted by Gasteiger charge is -2.12. The number of carbonyl (C=O) groups is 1. The van der Waals surface area contributed by atoms with Crippen molar-refractivity contribution in [3.8, 4) is 17.6 Å². The molecule has 1 N–H and O–H groups in total. The predicted octanol–water partition coefficient (Wildman–Crippen LogP) is 6.49. The van der Waals surface area contributed by atoms with Crippen LogP contribution in [0.5, 0.6) is 11.5 Å². The van der Waals surface area contributed by atoms with Crippen LogP contribution in [0.25, 0.3) is 6.08 Å². The summed E-state index contributed by atoms with van der Waals surface area (Å²) in [6, 6.07) is 17.9. The van der Waals surface area contributed by atoms with Crippen molar-refractivity contribution in [2.45, 2.75) is 12.8 Å². The summed E-state index contributed by atoms with van der Waals surface area (Å²) in [6.45, 7) is 0.202. The average molecular weight is 487 g/mol. The molecule has 0 saturated carbocycles. The minimum atomic E-state index is -4.55. The van der Waals surface area contributed by atoms with Crippen LogP contribution >= 0.6 is 11.6 Å². The van der Waals surface area contributed by atoms with Crippen molar-refractivity contribution in [3.05, 3.63) is 94.0 Å². The Morgan fingerprint density at radius 1 is 1.09 bits per heavy atom. The molecule has 0 spiro atoms. The third-order valence-electron chi connectivity index (χ3n) is 4.65. The summed E-state index contributed by atoms with van der Waals surface area (Å²) in [7, 11) is 1.44. The summed E-state index contributed by atoms with van der Waals surface area (Å²) in [4.78, 5) is 12.5. The molecule has 0 bridgehead atoms. The van der Waals surface area contributed by atoms with E-state index in [1.165, 1.54) is 25.3 Å². The fourth-order valence-electron chi connectivity index (χ4n) is 2.95. The van der Waals surface area contributed by atoms with E-state index in [0.29, 0.717) is 22.1 Å². The zero-order valence-corrected chi connectivity index (χ0v) is 18.6. The lowest BCUT2D eigenvalue weighted by atomic mass is 10.1. The van der Waals surface area contributed by atoms with Gasteiger partial charge in [0.1, 0.15) is 18.2 Å².